The van der Waals surface area contributed by atoms with E-state index in [4.69, 9.17) is 4.74 Å². The average molecular weight is 404 g/mol. The third-order valence-corrected chi connectivity index (χ3v) is 5.12. The fourth-order valence-corrected chi connectivity index (χ4v) is 3.77. The summed E-state index contributed by atoms with van der Waals surface area (Å²) in [4.78, 5) is 16.4. The number of nitrogens with one attached hydrogen (secondary N) is 1. The molecule has 0 bridgehead atoms. The number of allylic oxidation sites excluding steroid dienone is 1. The number of para-hydroxylation sites is 1. The van der Waals surface area contributed by atoms with Gasteiger partial charge in [0, 0.05) is 18.1 Å². The van der Waals surface area contributed by atoms with Gasteiger partial charge in [-0.2, -0.15) is 5.26 Å². The maximum atomic E-state index is 11.7. The van der Waals surface area contributed by atoms with Gasteiger partial charge in [0.15, 0.2) is 0 Å². The summed E-state index contributed by atoms with van der Waals surface area (Å²) < 4.78 is 5.65. The van der Waals surface area contributed by atoms with Crippen molar-refractivity contribution in [3.63, 3.8) is 0 Å². The summed E-state index contributed by atoms with van der Waals surface area (Å²) >= 11 is 1.28. The molecule has 0 atom stereocenters. The number of aryl methyl sites for hydroxylation is 1. The molecule has 2 aromatic carbocycles. The Morgan fingerprint density at radius 1 is 1.24 bits per heavy atom. The maximum absolute atomic E-state index is 11.7. The number of rotatable bonds is 6. The van der Waals surface area contributed by atoms with Gasteiger partial charge in [0.1, 0.15) is 27.5 Å². The van der Waals surface area contributed by atoms with Crippen LogP contribution < -0.4 is 10.1 Å². The zero-order valence-corrected chi connectivity index (χ0v) is 17.3. The zero-order chi connectivity index (χ0) is 20.8. The number of thiazole rings is 1. The lowest BCUT2D eigenvalue weighted by Crippen LogP contribution is -2.05. The van der Waals surface area contributed by atoms with E-state index in [0.29, 0.717) is 33.6 Å². The van der Waals surface area contributed by atoms with Crippen molar-refractivity contribution in [2.45, 2.75) is 20.8 Å². The molecule has 0 spiro atoms. The Bertz CT molecular complexity index is 1090. The summed E-state index contributed by atoms with van der Waals surface area (Å²) in [6.45, 7) is 5.92. The number of amides is 1. The van der Waals surface area contributed by atoms with Crippen LogP contribution >= 0.6 is 11.3 Å². The van der Waals surface area contributed by atoms with E-state index >= 15 is 0 Å². The second-order valence-electron chi connectivity index (χ2n) is 6.38. The van der Waals surface area contributed by atoms with Crippen molar-refractivity contribution in [3.05, 3.63) is 64.7 Å². The molecule has 0 radical (unpaired) electrons. The van der Waals surface area contributed by atoms with Gasteiger partial charge in [-0.15, -0.1) is 0 Å². The van der Waals surface area contributed by atoms with Crippen LogP contribution in [0, 0.1) is 18.3 Å². The van der Waals surface area contributed by atoms with E-state index in [1.165, 1.54) is 18.3 Å². The number of benzene rings is 2. The summed E-state index contributed by atoms with van der Waals surface area (Å²) in [6, 6.07) is 17.7. The molecule has 0 unspecified atom stereocenters. The van der Waals surface area contributed by atoms with Crippen molar-refractivity contribution in [2.75, 3.05) is 11.9 Å². The number of hydrogen-bond acceptors (Lipinski definition) is 5. The summed E-state index contributed by atoms with van der Waals surface area (Å²) in [7, 11) is 0. The van der Waals surface area contributed by atoms with Crippen molar-refractivity contribution in [2.24, 2.45) is 0 Å². The van der Waals surface area contributed by atoms with E-state index in [2.05, 4.69) is 16.4 Å². The second-order valence-corrected chi connectivity index (χ2v) is 7.38. The Labute approximate surface area is 174 Å². The first-order valence-electron chi connectivity index (χ1n) is 9.21. The molecular formula is C23H21N3O2S. The number of aromatic nitrogens is 1. The SMILES string of the molecule is CCOc1ccccc1C=C(C#N)c1nc(-c2ccc(C)cc2)c(NC(C)=O)s1. The molecule has 1 amide bonds. The Kier molecular flexibility index (Phi) is 6.43. The first-order valence-corrected chi connectivity index (χ1v) is 10.0. The number of ether oxygens (including phenoxy) is 1. The van der Waals surface area contributed by atoms with Gasteiger partial charge < -0.3 is 10.1 Å². The largest absolute Gasteiger partial charge is 0.493 e. The minimum Gasteiger partial charge on any atom is -0.493 e. The molecule has 1 heterocycles. The molecule has 0 aliphatic heterocycles. The number of anilines is 1. The van der Waals surface area contributed by atoms with E-state index in [9.17, 15) is 10.1 Å². The number of nitrogens with zero attached hydrogens (tertiary/aromatic N) is 2. The van der Waals surface area contributed by atoms with Crippen LogP contribution in [0.5, 0.6) is 5.75 Å². The normalized spacial score (nSPS) is 11.0. The number of carbonyl (C=O) groups excluding carboxylic acids is 1. The Morgan fingerprint density at radius 3 is 2.62 bits per heavy atom. The van der Waals surface area contributed by atoms with Crippen LogP contribution in [-0.2, 0) is 4.79 Å². The Balaban J connectivity index is 2.08. The van der Waals surface area contributed by atoms with E-state index in [1.54, 1.807) is 6.08 Å². The Morgan fingerprint density at radius 2 is 1.97 bits per heavy atom. The van der Waals surface area contributed by atoms with Gasteiger partial charge in [0.25, 0.3) is 0 Å². The van der Waals surface area contributed by atoms with Crippen LogP contribution in [0.15, 0.2) is 48.5 Å². The standard InChI is InChI=1S/C23H21N3O2S/c1-4-28-20-8-6-5-7-18(20)13-19(14-24)22-26-21(23(29-22)25-16(3)27)17-11-9-15(2)10-12-17/h5-13H,4H2,1-3H3,(H,25,27). The number of carbonyl (C=O) groups is 1. The van der Waals surface area contributed by atoms with Gasteiger partial charge >= 0.3 is 0 Å². The molecule has 146 valence electrons. The molecule has 1 N–H and O–H groups in total. The molecule has 0 fully saturated rings. The smallest absolute Gasteiger partial charge is 0.221 e. The minimum absolute atomic E-state index is 0.183. The predicted octanol–water partition coefficient (Wildman–Crippen LogP) is 5.54. The van der Waals surface area contributed by atoms with Crippen LogP contribution in [0.25, 0.3) is 22.9 Å². The molecule has 29 heavy (non-hydrogen) atoms. The summed E-state index contributed by atoms with van der Waals surface area (Å²) in [6.07, 6.45) is 1.76. The monoisotopic (exact) mass is 403 g/mol. The maximum Gasteiger partial charge on any atom is 0.221 e. The van der Waals surface area contributed by atoms with Gasteiger partial charge in [-0.25, -0.2) is 4.98 Å². The average Bonchev–Trinajstić information content (AvgIpc) is 3.11. The van der Waals surface area contributed by atoms with Crippen LogP contribution in [0.2, 0.25) is 0 Å². The Hall–Kier alpha value is -3.43. The molecule has 0 saturated carbocycles. The van der Waals surface area contributed by atoms with E-state index in [0.717, 1.165) is 16.7 Å². The lowest BCUT2D eigenvalue weighted by Gasteiger charge is -2.06. The highest BCUT2D eigenvalue weighted by molar-refractivity contribution is 7.17. The molecule has 1 aromatic heterocycles. The van der Waals surface area contributed by atoms with Gasteiger partial charge in [0.05, 0.1) is 12.2 Å². The summed E-state index contributed by atoms with van der Waals surface area (Å²) in [5, 5.41) is 13.8. The highest BCUT2D eigenvalue weighted by Crippen LogP contribution is 2.37. The molecule has 0 aliphatic rings. The van der Waals surface area contributed by atoms with E-state index < -0.39 is 0 Å². The van der Waals surface area contributed by atoms with Crippen LogP contribution in [-0.4, -0.2) is 17.5 Å². The van der Waals surface area contributed by atoms with Crippen molar-refractivity contribution in [3.8, 4) is 23.1 Å². The highest BCUT2D eigenvalue weighted by atomic mass is 32.1. The fourth-order valence-electron chi connectivity index (χ4n) is 2.77. The summed E-state index contributed by atoms with van der Waals surface area (Å²) in [5.41, 5.74) is 3.88. The lowest BCUT2D eigenvalue weighted by molar-refractivity contribution is -0.114. The van der Waals surface area contributed by atoms with E-state index in [1.807, 2.05) is 62.4 Å². The van der Waals surface area contributed by atoms with Gasteiger partial charge in [0.2, 0.25) is 5.91 Å². The van der Waals surface area contributed by atoms with Crippen molar-refractivity contribution >= 4 is 33.9 Å². The van der Waals surface area contributed by atoms with Crippen molar-refractivity contribution < 1.29 is 9.53 Å². The van der Waals surface area contributed by atoms with Crippen molar-refractivity contribution in [1.29, 1.82) is 5.26 Å². The fraction of sp³-hybridized carbons (Fsp3) is 0.174. The molecule has 0 aliphatic carbocycles. The van der Waals surface area contributed by atoms with E-state index in [-0.39, 0.29) is 5.91 Å². The predicted molar refractivity (Wildman–Crippen MR) is 118 cm³/mol. The lowest BCUT2D eigenvalue weighted by atomic mass is 10.1. The van der Waals surface area contributed by atoms with Crippen LogP contribution in [0.1, 0.15) is 30.0 Å². The van der Waals surface area contributed by atoms with Gasteiger partial charge in [-0.3, -0.25) is 4.79 Å². The number of nitriles is 1. The third kappa shape index (κ3) is 4.89. The molecule has 5 nitrogen and oxygen atoms in total. The first kappa shape index (κ1) is 20.3. The highest BCUT2D eigenvalue weighted by Gasteiger charge is 2.17. The van der Waals surface area contributed by atoms with Crippen LogP contribution in [0.3, 0.4) is 0 Å². The molecule has 3 rings (SSSR count). The third-order valence-electron chi connectivity index (χ3n) is 4.11. The van der Waals surface area contributed by atoms with Crippen LogP contribution in [0.4, 0.5) is 5.00 Å². The van der Waals surface area contributed by atoms with Gasteiger partial charge in [-0.05, 0) is 26.0 Å². The second kappa shape index (κ2) is 9.18. The zero-order valence-electron chi connectivity index (χ0n) is 16.5. The van der Waals surface area contributed by atoms with Crippen molar-refractivity contribution in [1.82, 2.24) is 4.98 Å². The molecule has 0 saturated heterocycles. The topological polar surface area (TPSA) is 75.0 Å². The summed E-state index contributed by atoms with van der Waals surface area (Å²) in [5.74, 6) is 0.526. The molecular weight excluding hydrogens is 382 g/mol. The first-order chi connectivity index (χ1) is 14.0. The number of hydrogen-bond donors (Lipinski definition) is 1. The molecule has 3 aromatic rings. The molecule has 6 heteroatoms. The quantitative estimate of drug-likeness (QED) is 0.548. The minimum atomic E-state index is -0.183. The van der Waals surface area contributed by atoms with Gasteiger partial charge in [-0.1, -0.05) is 59.4 Å².